The highest BCUT2D eigenvalue weighted by atomic mass is 16.5. The fraction of sp³-hybridized carbons (Fsp3) is 0.471. The lowest BCUT2D eigenvalue weighted by Gasteiger charge is -2.29. The second-order valence-electron chi connectivity index (χ2n) is 5.87. The summed E-state index contributed by atoms with van der Waals surface area (Å²) in [5, 5.41) is 27.4. The molecular formula is C17H21N5O2. The standard InChI is InChI=1S/C17H21N5O2/c1-2-16-19-20-17-11-21(7-8-22(16)17)10-14(23)12-24-15-5-3-13(9-18)4-6-15/h3-6,14,23H,2,7-8,10-12H2,1H3/t14-/m1/s1. The van der Waals surface area contributed by atoms with Gasteiger partial charge in [-0.1, -0.05) is 6.92 Å². The van der Waals surface area contributed by atoms with E-state index in [0.29, 0.717) is 24.4 Å². The van der Waals surface area contributed by atoms with Gasteiger partial charge < -0.3 is 14.4 Å². The smallest absolute Gasteiger partial charge is 0.147 e. The third kappa shape index (κ3) is 3.72. The molecule has 1 aliphatic heterocycles. The molecule has 0 unspecified atom stereocenters. The molecule has 1 N–H and O–H groups in total. The lowest BCUT2D eigenvalue weighted by molar-refractivity contribution is 0.0581. The van der Waals surface area contributed by atoms with Crippen molar-refractivity contribution in [3.8, 4) is 11.8 Å². The number of benzene rings is 1. The van der Waals surface area contributed by atoms with E-state index in [1.165, 1.54) is 0 Å². The van der Waals surface area contributed by atoms with Gasteiger partial charge in [0, 0.05) is 26.1 Å². The molecule has 7 heteroatoms. The molecule has 0 fully saturated rings. The van der Waals surface area contributed by atoms with Gasteiger partial charge in [-0.2, -0.15) is 5.26 Å². The topological polar surface area (TPSA) is 87.2 Å². The highest BCUT2D eigenvalue weighted by Crippen LogP contribution is 2.14. The van der Waals surface area contributed by atoms with Gasteiger partial charge >= 0.3 is 0 Å². The van der Waals surface area contributed by atoms with E-state index >= 15 is 0 Å². The summed E-state index contributed by atoms with van der Waals surface area (Å²) in [5.74, 6) is 2.63. The van der Waals surface area contributed by atoms with E-state index in [0.717, 1.165) is 31.2 Å². The Bertz CT molecular complexity index is 720. The first kappa shape index (κ1) is 16.4. The summed E-state index contributed by atoms with van der Waals surface area (Å²) in [6.07, 6.45) is 0.300. The van der Waals surface area contributed by atoms with Crippen molar-refractivity contribution >= 4 is 0 Å². The number of aryl methyl sites for hydroxylation is 1. The van der Waals surface area contributed by atoms with Gasteiger partial charge in [-0.05, 0) is 24.3 Å². The molecule has 0 bridgehead atoms. The Morgan fingerprint density at radius 3 is 2.79 bits per heavy atom. The Morgan fingerprint density at radius 2 is 2.08 bits per heavy atom. The number of hydrogen-bond acceptors (Lipinski definition) is 6. The second kappa shape index (κ2) is 7.43. The van der Waals surface area contributed by atoms with Crippen LogP contribution in [-0.2, 0) is 19.5 Å². The number of fused-ring (bicyclic) bond motifs is 1. The summed E-state index contributed by atoms with van der Waals surface area (Å²) in [7, 11) is 0. The van der Waals surface area contributed by atoms with Gasteiger partial charge in [0.15, 0.2) is 0 Å². The van der Waals surface area contributed by atoms with Crippen LogP contribution in [0.4, 0.5) is 0 Å². The predicted octanol–water partition coefficient (Wildman–Crippen LogP) is 0.968. The highest BCUT2D eigenvalue weighted by Gasteiger charge is 2.22. The van der Waals surface area contributed by atoms with Crippen LogP contribution in [-0.4, -0.2) is 50.6 Å². The summed E-state index contributed by atoms with van der Waals surface area (Å²) in [5.41, 5.74) is 0.590. The van der Waals surface area contributed by atoms with E-state index in [2.05, 4.69) is 32.7 Å². The van der Waals surface area contributed by atoms with Crippen molar-refractivity contribution in [2.45, 2.75) is 32.5 Å². The number of hydrogen-bond donors (Lipinski definition) is 1. The molecule has 24 heavy (non-hydrogen) atoms. The fourth-order valence-corrected chi connectivity index (χ4v) is 2.85. The SMILES string of the molecule is CCc1nnc2n1CCN(C[C@@H](O)COc1ccc(C#N)cc1)C2. The van der Waals surface area contributed by atoms with Gasteiger partial charge in [0.25, 0.3) is 0 Å². The van der Waals surface area contributed by atoms with Gasteiger partial charge in [-0.25, -0.2) is 0 Å². The largest absolute Gasteiger partial charge is 0.491 e. The molecule has 0 radical (unpaired) electrons. The molecule has 126 valence electrons. The molecule has 2 aromatic rings. The molecule has 0 saturated carbocycles. The molecule has 1 aliphatic rings. The third-order valence-electron chi connectivity index (χ3n) is 4.12. The average molecular weight is 327 g/mol. The Morgan fingerprint density at radius 1 is 1.29 bits per heavy atom. The number of aliphatic hydroxyl groups is 1. The van der Waals surface area contributed by atoms with Crippen molar-refractivity contribution in [3.63, 3.8) is 0 Å². The number of aromatic nitrogens is 3. The van der Waals surface area contributed by atoms with E-state index < -0.39 is 6.10 Å². The third-order valence-corrected chi connectivity index (χ3v) is 4.12. The molecule has 0 amide bonds. The molecular weight excluding hydrogens is 306 g/mol. The number of nitriles is 1. The molecule has 7 nitrogen and oxygen atoms in total. The molecule has 0 saturated heterocycles. The number of β-amino-alcohol motifs (C(OH)–C–C–N with tert-alkyl or cyclic N) is 1. The van der Waals surface area contributed by atoms with Crippen LogP contribution in [0.25, 0.3) is 0 Å². The minimum Gasteiger partial charge on any atom is -0.491 e. The van der Waals surface area contributed by atoms with Crippen LogP contribution >= 0.6 is 0 Å². The maximum absolute atomic E-state index is 10.2. The monoisotopic (exact) mass is 327 g/mol. The Kier molecular flexibility index (Phi) is 5.08. The van der Waals surface area contributed by atoms with Crippen molar-refractivity contribution in [3.05, 3.63) is 41.5 Å². The maximum atomic E-state index is 10.2. The summed E-state index contributed by atoms with van der Waals surface area (Å²) >= 11 is 0. The van der Waals surface area contributed by atoms with Gasteiger partial charge in [-0.3, -0.25) is 4.90 Å². The Labute approximate surface area is 141 Å². The number of rotatable bonds is 6. The number of ether oxygens (including phenoxy) is 1. The van der Waals surface area contributed by atoms with E-state index in [1.54, 1.807) is 24.3 Å². The van der Waals surface area contributed by atoms with Gasteiger partial charge in [-0.15, -0.1) is 10.2 Å². The molecule has 0 aliphatic carbocycles. The molecule has 1 aromatic carbocycles. The minimum absolute atomic E-state index is 0.218. The molecule has 1 atom stereocenters. The zero-order valence-corrected chi connectivity index (χ0v) is 13.7. The van der Waals surface area contributed by atoms with Crippen molar-refractivity contribution in [2.75, 3.05) is 19.7 Å². The summed E-state index contributed by atoms with van der Waals surface area (Å²) in [6, 6.07) is 8.93. The lowest BCUT2D eigenvalue weighted by atomic mass is 10.2. The summed E-state index contributed by atoms with van der Waals surface area (Å²) < 4.78 is 7.74. The Balaban J connectivity index is 1.48. The zero-order chi connectivity index (χ0) is 16.9. The van der Waals surface area contributed by atoms with Crippen LogP contribution in [0.5, 0.6) is 5.75 Å². The van der Waals surface area contributed by atoms with Crippen molar-refractivity contribution in [1.82, 2.24) is 19.7 Å². The first-order valence-corrected chi connectivity index (χ1v) is 8.14. The van der Waals surface area contributed by atoms with Crippen LogP contribution in [0.3, 0.4) is 0 Å². The van der Waals surface area contributed by atoms with E-state index in [1.807, 2.05) is 0 Å². The summed E-state index contributed by atoms with van der Waals surface area (Å²) in [6.45, 7) is 5.25. The predicted molar refractivity (Wildman–Crippen MR) is 87.3 cm³/mol. The van der Waals surface area contributed by atoms with Crippen LogP contribution in [0.2, 0.25) is 0 Å². The van der Waals surface area contributed by atoms with Crippen LogP contribution in [0.1, 0.15) is 24.1 Å². The lowest BCUT2D eigenvalue weighted by Crippen LogP contribution is -2.40. The van der Waals surface area contributed by atoms with Gasteiger partial charge in [0.2, 0.25) is 0 Å². The summed E-state index contributed by atoms with van der Waals surface area (Å²) in [4.78, 5) is 2.16. The van der Waals surface area contributed by atoms with Crippen molar-refractivity contribution in [1.29, 1.82) is 5.26 Å². The maximum Gasteiger partial charge on any atom is 0.147 e. The molecule has 3 rings (SSSR count). The van der Waals surface area contributed by atoms with Crippen molar-refractivity contribution < 1.29 is 9.84 Å². The molecule has 0 spiro atoms. The van der Waals surface area contributed by atoms with E-state index in [4.69, 9.17) is 10.00 Å². The van der Waals surface area contributed by atoms with E-state index in [-0.39, 0.29) is 6.61 Å². The highest BCUT2D eigenvalue weighted by molar-refractivity contribution is 5.34. The van der Waals surface area contributed by atoms with E-state index in [9.17, 15) is 5.11 Å². The van der Waals surface area contributed by atoms with Gasteiger partial charge in [0.1, 0.15) is 30.1 Å². The average Bonchev–Trinajstić information content (AvgIpc) is 3.02. The van der Waals surface area contributed by atoms with Crippen LogP contribution < -0.4 is 4.74 Å². The quantitative estimate of drug-likeness (QED) is 0.850. The van der Waals surface area contributed by atoms with Crippen molar-refractivity contribution in [2.24, 2.45) is 0 Å². The van der Waals surface area contributed by atoms with Crippen LogP contribution in [0.15, 0.2) is 24.3 Å². The molecule has 2 heterocycles. The minimum atomic E-state index is -0.583. The van der Waals surface area contributed by atoms with Crippen LogP contribution in [0, 0.1) is 11.3 Å². The zero-order valence-electron chi connectivity index (χ0n) is 13.7. The normalized spacial score (nSPS) is 15.5. The number of nitrogens with zero attached hydrogens (tertiary/aromatic N) is 5. The second-order valence-corrected chi connectivity index (χ2v) is 5.87. The molecule has 1 aromatic heterocycles. The number of aliphatic hydroxyl groups excluding tert-OH is 1. The van der Waals surface area contributed by atoms with Gasteiger partial charge in [0.05, 0.1) is 18.2 Å². The first-order chi connectivity index (χ1) is 11.7. The fourth-order valence-electron chi connectivity index (χ4n) is 2.85. The Hall–Kier alpha value is -2.43. The first-order valence-electron chi connectivity index (χ1n) is 8.14.